The predicted octanol–water partition coefficient (Wildman–Crippen LogP) is 7.96. The predicted molar refractivity (Wildman–Crippen MR) is 212 cm³/mol. The van der Waals surface area contributed by atoms with Crippen molar-refractivity contribution in [2.75, 3.05) is 26.4 Å². The van der Waals surface area contributed by atoms with Gasteiger partial charge in [-0.3, -0.25) is 9.59 Å². The van der Waals surface area contributed by atoms with Crippen LogP contribution in [0.3, 0.4) is 0 Å². The maximum atomic E-state index is 13.7. The maximum absolute atomic E-state index is 13.7. The number of aliphatic carboxylic acids is 1. The Kier molecular flexibility index (Phi) is 10.9. The molecule has 6 rings (SSSR count). The molecule has 10 nitrogen and oxygen atoms in total. The lowest BCUT2D eigenvalue weighted by molar-refractivity contribution is -0.255. The van der Waals surface area contributed by atoms with E-state index in [9.17, 15) is 14.7 Å². The number of likely N-dealkylation sites (N-methyl/N-ethyl adjacent to an activating group) is 1. The third-order valence-corrected chi connectivity index (χ3v) is 16.9. The molecule has 4 fully saturated rings. The van der Waals surface area contributed by atoms with Crippen molar-refractivity contribution in [3.05, 3.63) is 23.8 Å². The molecule has 54 heavy (non-hydrogen) atoms. The van der Waals surface area contributed by atoms with E-state index < -0.39 is 22.7 Å². The number of amides is 1. The van der Waals surface area contributed by atoms with Crippen LogP contribution in [0.15, 0.2) is 18.0 Å². The lowest BCUT2D eigenvalue weighted by Crippen LogP contribution is -2.70. The lowest BCUT2D eigenvalue weighted by atomic mass is 9.34. The smallest absolute Gasteiger partial charge is 0.307 e. The van der Waals surface area contributed by atoms with Crippen LogP contribution in [0.25, 0.3) is 0 Å². The number of carboxylic acids is 1. The average Bonchev–Trinajstić information content (AvgIpc) is 3.57. The first kappa shape index (κ1) is 41.3. The van der Waals surface area contributed by atoms with Crippen LogP contribution in [-0.2, 0) is 14.3 Å². The van der Waals surface area contributed by atoms with Gasteiger partial charge in [0.15, 0.2) is 0 Å². The lowest BCUT2D eigenvalue weighted by Gasteiger charge is -2.71. The van der Waals surface area contributed by atoms with Gasteiger partial charge in [-0.2, -0.15) is 5.10 Å². The van der Waals surface area contributed by atoms with E-state index in [0.29, 0.717) is 49.8 Å². The first-order valence-corrected chi connectivity index (χ1v) is 21.2. The summed E-state index contributed by atoms with van der Waals surface area (Å²) in [5, 5.41) is 22.8. The van der Waals surface area contributed by atoms with E-state index in [1.807, 2.05) is 18.5 Å². The zero-order chi connectivity index (χ0) is 39.8. The summed E-state index contributed by atoms with van der Waals surface area (Å²) < 4.78 is 16.2. The summed E-state index contributed by atoms with van der Waals surface area (Å²) in [4.78, 5) is 31.9. The second-order valence-electron chi connectivity index (χ2n) is 20.6. The Morgan fingerprint density at radius 1 is 1.06 bits per heavy atom. The van der Waals surface area contributed by atoms with Crippen LogP contribution >= 0.6 is 0 Å². The van der Waals surface area contributed by atoms with Crippen LogP contribution in [0.2, 0.25) is 0 Å². The molecule has 12 atom stereocenters. The van der Waals surface area contributed by atoms with Gasteiger partial charge in [0, 0.05) is 17.0 Å². The van der Waals surface area contributed by atoms with Crippen LogP contribution < -0.4 is 10.6 Å². The van der Waals surface area contributed by atoms with Crippen molar-refractivity contribution >= 4 is 11.9 Å². The van der Waals surface area contributed by atoms with E-state index in [-0.39, 0.29) is 57.7 Å². The van der Waals surface area contributed by atoms with Crippen LogP contribution in [-0.4, -0.2) is 75.8 Å². The average molecular weight is 752 g/mol. The molecule has 2 bridgehead atoms. The first-order chi connectivity index (χ1) is 25.2. The number of ether oxygens (including phenoxy) is 2. The molecule has 0 radical (unpaired) electrons. The van der Waals surface area contributed by atoms with Gasteiger partial charge in [-0.1, -0.05) is 80.9 Å². The molecule has 1 aromatic heterocycles. The summed E-state index contributed by atoms with van der Waals surface area (Å²) in [7, 11) is 0. The molecule has 1 aromatic rings. The Morgan fingerprint density at radius 2 is 1.76 bits per heavy atom. The number of carbonyl (C=O) groups excluding carboxylic acids is 1. The quantitative estimate of drug-likeness (QED) is 0.184. The Balaban J connectivity index is 1.54. The molecular formula is C44H73N5O5. The van der Waals surface area contributed by atoms with Gasteiger partial charge in [-0.05, 0) is 117 Å². The van der Waals surface area contributed by atoms with Crippen molar-refractivity contribution in [1.82, 2.24) is 25.4 Å². The number of carboxylic acid groups (broad SMARTS) is 1. The molecule has 3 N–H and O–H groups in total. The van der Waals surface area contributed by atoms with E-state index in [1.165, 1.54) is 11.9 Å². The molecule has 0 unspecified atom stereocenters. The van der Waals surface area contributed by atoms with Gasteiger partial charge < -0.3 is 25.2 Å². The summed E-state index contributed by atoms with van der Waals surface area (Å²) in [5.74, 6) is 0.459. The monoisotopic (exact) mass is 752 g/mol. The molecule has 5 aliphatic rings. The number of hydrogen-bond acceptors (Lipinski definition) is 7. The molecule has 4 aliphatic carbocycles. The van der Waals surface area contributed by atoms with E-state index in [4.69, 9.17) is 14.6 Å². The Bertz CT molecular complexity index is 1610. The minimum absolute atomic E-state index is 0.0433. The van der Waals surface area contributed by atoms with E-state index >= 15 is 0 Å². The third kappa shape index (κ3) is 6.04. The van der Waals surface area contributed by atoms with Crippen molar-refractivity contribution in [3.63, 3.8) is 0 Å². The molecular weight excluding hydrogens is 679 g/mol. The Hall–Kier alpha value is -2.30. The second kappa shape index (κ2) is 14.3. The molecule has 10 heteroatoms. The molecule has 304 valence electrons. The van der Waals surface area contributed by atoms with Crippen LogP contribution in [0.1, 0.15) is 145 Å². The first-order valence-electron chi connectivity index (χ1n) is 21.2. The van der Waals surface area contributed by atoms with E-state index in [2.05, 4.69) is 97.9 Å². The number of aromatic nitrogens is 3. The van der Waals surface area contributed by atoms with Gasteiger partial charge in [0.25, 0.3) is 5.91 Å². The highest BCUT2D eigenvalue weighted by molar-refractivity contribution is 5.90. The van der Waals surface area contributed by atoms with Crippen LogP contribution in [0.5, 0.6) is 0 Å². The van der Waals surface area contributed by atoms with Gasteiger partial charge in [-0.25, -0.2) is 9.67 Å². The summed E-state index contributed by atoms with van der Waals surface area (Å²) in [6.45, 7) is 31.5. The van der Waals surface area contributed by atoms with Crippen LogP contribution in [0.4, 0.5) is 0 Å². The Labute approximate surface area is 325 Å². The van der Waals surface area contributed by atoms with Gasteiger partial charge in [0.05, 0.1) is 37.9 Å². The largest absolute Gasteiger partial charge is 0.481 e. The van der Waals surface area contributed by atoms with Gasteiger partial charge in [0.1, 0.15) is 6.33 Å². The maximum Gasteiger partial charge on any atom is 0.307 e. The molecule has 1 aliphatic heterocycles. The molecule has 3 saturated carbocycles. The number of nitrogens with one attached hydrogen (secondary N) is 2. The van der Waals surface area contributed by atoms with Crippen molar-refractivity contribution < 1.29 is 24.2 Å². The van der Waals surface area contributed by atoms with E-state index in [1.54, 1.807) is 0 Å². The standard InChI is InChI=1S/C44H73N5O5/c1-14-46-43(13,27(4)5)23-54-35-32(49-36(45-25-47-49)37(50)48-28(6)7)21-39(9)22-53-24-44(35)31-17-18-42(12)34(38(51)52)40(10,29(8)26(2)3)19-20-41(42,11)30(31)15-16-33(39)44/h17,25-30,32-35,46H,14-16,18-24H2,1-13H3,(H,48,50)(H,51,52)/t29-,30+,32-,33-,34-,35+,39-,40-,41-,42+,43+,44+/m1/s1. The number of hydrogen-bond donors (Lipinski definition) is 3. The number of carbonyl (C=O) groups is 2. The molecule has 1 amide bonds. The van der Waals surface area contributed by atoms with Crippen molar-refractivity contribution in [1.29, 1.82) is 0 Å². The van der Waals surface area contributed by atoms with Crippen molar-refractivity contribution in [3.8, 4) is 0 Å². The third-order valence-electron chi connectivity index (χ3n) is 16.9. The minimum Gasteiger partial charge on any atom is -0.481 e. The second-order valence-corrected chi connectivity index (χ2v) is 20.6. The molecule has 0 spiro atoms. The highest BCUT2D eigenvalue weighted by Crippen LogP contribution is 2.75. The van der Waals surface area contributed by atoms with Gasteiger partial charge >= 0.3 is 5.97 Å². The summed E-state index contributed by atoms with van der Waals surface area (Å²) in [6, 6.07) is -0.295. The fourth-order valence-electron chi connectivity index (χ4n) is 13.2. The summed E-state index contributed by atoms with van der Waals surface area (Å²) in [6.07, 6.45) is 9.08. The zero-order valence-electron chi connectivity index (χ0n) is 35.8. The van der Waals surface area contributed by atoms with Crippen LogP contribution in [0, 0.1) is 62.6 Å². The summed E-state index contributed by atoms with van der Waals surface area (Å²) >= 11 is 0. The highest BCUT2D eigenvalue weighted by Gasteiger charge is 2.73. The highest BCUT2D eigenvalue weighted by atomic mass is 16.5. The normalized spacial score (nSPS) is 40.7. The minimum atomic E-state index is -0.649. The number of nitrogens with zero attached hydrogens (tertiary/aromatic N) is 3. The topological polar surface area (TPSA) is 128 Å². The van der Waals surface area contributed by atoms with E-state index in [0.717, 1.165) is 38.6 Å². The van der Waals surface area contributed by atoms with Crippen molar-refractivity contribution in [2.24, 2.45) is 62.6 Å². The number of fused-ring (bicyclic) bond motifs is 3. The fourth-order valence-corrected chi connectivity index (χ4v) is 13.2. The van der Waals surface area contributed by atoms with Gasteiger partial charge in [-0.15, -0.1) is 0 Å². The van der Waals surface area contributed by atoms with Crippen molar-refractivity contribution in [2.45, 2.75) is 152 Å². The Morgan fingerprint density at radius 3 is 2.37 bits per heavy atom. The SMILES string of the molecule is CCN[C@@](C)(CO[C@H]1[C@H](n2ncnc2C(=O)NC(C)C)C[C@]2(C)COC[C@@]13C1=CC[C@@]4(C)[C@H](C(=O)O)[C@@](C)([C@H](C)C(C)C)CC[C@]4(C)[C@H]1CC[C@H]23)C(C)C. The molecule has 2 heterocycles. The summed E-state index contributed by atoms with van der Waals surface area (Å²) in [5.41, 5.74) is -0.493. The van der Waals surface area contributed by atoms with Gasteiger partial charge in [0.2, 0.25) is 5.82 Å². The molecule has 1 saturated heterocycles. The zero-order valence-corrected chi connectivity index (χ0v) is 35.8. The number of rotatable bonds is 12. The molecule has 0 aromatic carbocycles. The fraction of sp³-hybridized carbons (Fsp3) is 0.864. The number of allylic oxidation sites excluding steroid dienone is 1.